The minimum absolute atomic E-state index is 0.0733. The molecule has 0 saturated carbocycles. The van der Waals surface area contributed by atoms with Crippen molar-refractivity contribution >= 4 is 21.7 Å². The Hall–Kier alpha value is -1.49. The van der Waals surface area contributed by atoms with Gasteiger partial charge in [-0.15, -0.1) is 0 Å². The van der Waals surface area contributed by atoms with Gasteiger partial charge in [0, 0.05) is 6.54 Å². The van der Waals surface area contributed by atoms with Crippen molar-refractivity contribution in [2.45, 2.75) is 26.8 Å². The van der Waals surface area contributed by atoms with Gasteiger partial charge < -0.3 is 0 Å². The lowest BCUT2D eigenvalue weighted by Crippen LogP contribution is -2.13. The summed E-state index contributed by atoms with van der Waals surface area (Å²) in [5.41, 5.74) is 1.25. The van der Waals surface area contributed by atoms with Gasteiger partial charge in [0.15, 0.2) is 0 Å². The SMILES string of the molecule is CCCn1ncc(Br)c1C(=O)c1ccc(C)cc1F. The van der Waals surface area contributed by atoms with Crippen molar-refractivity contribution in [3.8, 4) is 0 Å². The highest BCUT2D eigenvalue weighted by atomic mass is 79.9. The third-order valence-corrected chi connectivity index (χ3v) is 3.39. The first-order valence-corrected chi connectivity index (χ1v) is 6.86. The van der Waals surface area contributed by atoms with Crippen LogP contribution in [0.4, 0.5) is 4.39 Å². The summed E-state index contributed by atoms with van der Waals surface area (Å²) in [4.78, 5) is 12.4. The molecule has 19 heavy (non-hydrogen) atoms. The predicted octanol–water partition coefficient (Wildman–Crippen LogP) is 3.73. The maximum atomic E-state index is 13.9. The summed E-state index contributed by atoms with van der Waals surface area (Å²) in [6, 6.07) is 4.61. The number of carbonyl (C=O) groups excluding carboxylic acids is 1. The zero-order chi connectivity index (χ0) is 14.0. The fraction of sp³-hybridized carbons (Fsp3) is 0.286. The molecule has 0 amide bonds. The summed E-state index contributed by atoms with van der Waals surface area (Å²) in [6.45, 7) is 4.41. The van der Waals surface area contributed by atoms with Crippen LogP contribution in [0.15, 0.2) is 28.9 Å². The van der Waals surface area contributed by atoms with E-state index in [0.29, 0.717) is 16.7 Å². The van der Waals surface area contributed by atoms with Crippen molar-refractivity contribution in [3.63, 3.8) is 0 Å². The number of aryl methyl sites for hydroxylation is 2. The standard InChI is InChI=1S/C14H14BrFN2O/c1-3-6-18-13(11(15)8-17-18)14(19)10-5-4-9(2)7-12(10)16/h4-5,7-8H,3,6H2,1-2H3. The molecular weight excluding hydrogens is 311 g/mol. The quantitative estimate of drug-likeness (QED) is 0.803. The van der Waals surface area contributed by atoms with Crippen LogP contribution in [0.25, 0.3) is 0 Å². The molecule has 0 atom stereocenters. The highest BCUT2D eigenvalue weighted by molar-refractivity contribution is 9.10. The lowest BCUT2D eigenvalue weighted by atomic mass is 10.1. The van der Waals surface area contributed by atoms with E-state index in [1.165, 1.54) is 12.1 Å². The third-order valence-electron chi connectivity index (χ3n) is 2.81. The summed E-state index contributed by atoms with van der Waals surface area (Å²) in [5, 5.41) is 4.13. The van der Waals surface area contributed by atoms with E-state index in [1.54, 1.807) is 23.9 Å². The van der Waals surface area contributed by atoms with E-state index in [9.17, 15) is 9.18 Å². The molecule has 0 spiro atoms. The fourth-order valence-corrected chi connectivity index (χ4v) is 2.38. The second-order valence-electron chi connectivity index (χ2n) is 4.38. The van der Waals surface area contributed by atoms with Crippen LogP contribution in [-0.4, -0.2) is 15.6 Å². The van der Waals surface area contributed by atoms with Crippen LogP contribution in [0, 0.1) is 12.7 Å². The lowest BCUT2D eigenvalue weighted by molar-refractivity contribution is 0.102. The molecular formula is C14H14BrFN2O. The molecule has 0 radical (unpaired) electrons. The summed E-state index contributed by atoms with van der Waals surface area (Å²) in [5.74, 6) is -0.850. The molecule has 0 saturated heterocycles. The van der Waals surface area contributed by atoms with Gasteiger partial charge in [0.05, 0.1) is 16.2 Å². The molecule has 0 bridgehead atoms. The van der Waals surface area contributed by atoms with Crippen LogP contribution in [0.2, 0.25) is 0 Å². The second kappa shape index (κ2) is 5.65. The topological polar surface area (TPSA) is 34.9 Å². The lowest BCUT2D eigenvalue weighted by Gasteiger charge is -2.07. The van der Waals surface area contributed by atoms with Gasteiger partial charge in [-0.3, -0.25) is 9.48 Å². The number of aromatic nitrogens is 2. The summed E-state index contributed by atoms with van der Waals surface area (Å²) < 4.78 is 16.1. The van der Waals surface area contributed by atoms with Crippen molar-refractivity contribution in [3.05, 3.63) is 51.5 Å². The zero-order valence-electron chi connectivity index (χ0n) is 10.8. The van der Waals surface area contributed by atoms with E-state index in [1.807, 2.05) is 6.92 Å². The Morgan fingerprint density at radius 2 is 2.21 bits per heavy atom. The second-order valence-corrected chi connectivity index (χ2v) is 5.23. The third kappa shape index (κ3) is 2.76. The number of rotatable bonds is 4. The van der Waals surface area contributed by atoms with Crippen molar-refractivity contribution < 1.29 is 9.18 Å². The van der Waals surface area contributed by atoms with Crippen LogP contribution >= 0.6 is 15.9 Å². The molecule has 100 valence electrons. The van der Waals surface area contributed by atoms with Gasteiger partial charge in [0.2, 0.25) is 5.78 Å². The number of hydrogen-bond acceptors (Lipinski definition) is 2. The van der Waals surface area contributed by atoms with E-state index in [-0.39, 0.29) is 11.3 Å². The highest BCUT2D eigenvalue weighted by Crippen LogP contribution is 2.22. The minimum atomic E-state index is -0.499. The molecule has 5 heteroatoms. The van der Waals surface area contributed by atoms with Crippen molar-refractivity contribution in [2.75, 3.05) is 0 Å². The summed E-state index contributed by atoms with van der Waals surface area (Å²) in [7, 11) is 0. The van der Waals surface area contributed by atoms with Crippen molar-refractivity contribution in [1.29, 1.82) is 0 Å². The smallest absolute Gasteiger partial charge is 0.215 e. The Morgan fingerprint density at radius 3 is 2.84 bits per heavy atom. The summed E-state index contributed by atoms with van der Waals surface area (Å²) in [6.07, 6.45) is 2.42. The Balaban J connectivity index is 2.46. The normalized spacial score (nSPS) is 10.7. The Kier molecular flexibility index (Phi) is 4.14. The molecule has 0 N–H and O–H groups in total. The Morgan fingerprint density at radius 1 is 1.47 bits per heavy atom. The first-order valence-electron chi connectivity index (χ1n) is 6.06. The van der Waals surface area contributed by atoms with Crippen LogP contribution < -0.4 is 0 Å². The predicted molar refractivity (Wildman–Crippen MR) is 74.8 cm³/mol. The van der Waals surface area contributed by atoms with Gasteiger partial charge >= 0.3 is 0 Å². The van der Waals surface area contributed by atoms with E-state index < -0.39 is 5.82 Å². The van der Waals surface area contributed by atoms with Crippen LogP contribution in [0.3, 0.4) is 0 Å². The number of halogens is 2. The number of hydrogen-bond donors (Lipinski definition) is 0. The van der Waals surface area contributed by atoms with Crippen LogP contribution in [0.5, 0.6) is 0 Å². The van der Waals surface area contributed by atoms with Gasteiger partial charge in [-0.2, -0.15) is 5.10 Å². The van der Waals surface area contributed by atoms with Crippen molar-refractivity contribution in [1.82, 2.24) is 9.78 Å². The van der Waals surface area contributed by atoms with E-state index >= 15 is 0 Å². The number of nitrogens with zero attached hydrogens (tertiary/aromatic N) is 2. The van der Waals surface area contributed by atoms with Crippen molar-refractivity contribution in [2.24, 2.45) is 0 Å². The maximum absolute atomic E-state index is 13.9. The van der Waals surface area contributed by atoms with Gasteiger partial charge in [-0.05, 0) is 47.0 Å². The van der Waals surface area contributed by atoms with E-state index in [0.717, 1.165) is 12.0 Å². The molecule has 3 nitrogen and oxygen atoms in total. The van der Waals surface area contributed by atoms with Crippen LogP contribution in [0.1, 0.15) is 35.0 Å². The molecule has 1 aromatic carbocycles. The number of benzene rings is 1. The summed E-state index contributed by atoms with van der Waals surface area (Å²) >= 11 is 3.30. The minimum Gasteiger partial charge on any atom is -0.287 e. The van der Waals surface area contributed by atoms with E-state index in [2.05, 4.69) is 21.0 Å². The molecule has 0 aliphatic carbocycles. The van der Waals surface area contributed by atoms with Gasteiger partial charge in [-0.25, -0.2) is 4.39 Å². The number of carbonyl (C=O) groups is 1. The Labute approximate surface area is 119 Å². The van der Waals surface area contributed by atoms with Gasteiger partial charge in [0.1, 0.15) is 11.5 Å². The molecule has 0 aliphatic rings. The molecule has 1 heterocycles. The zero-order valence-corrected chi connectivity index (χ0v) is 12.4. The average Bonchev–Trinajstić information content (AvgIpc) is 2.70. The molecule has 1 aromatic heterocycles. The average molecular weight is 325 g/mol. The molecule has 2 aromatic rings. The fourth-order valence-electron chi connectivity index (χ4n) is 1.90. The molecule has 0 aliphatic heterocycles. The first-order chi connectivity index (χ1) is 9.04. The molecule has 0 fully saturated rings. The molecule has 0 unspecified atom stereocenters. The maximum Gasteiger partial charge on any atom is 0.215 e. The first kappa shape index (κ1) is 13.9. The molecule has 2 rings (SSSR count). The van der Waals surface area contributed by atoms with Gasteiger partial charge in [-0.1, -0.05) is 13.0 Å². The highest BCUT2D eigenvalue weighted by Gasteiger charge is 2.21. The monoisotopic (exact) mass is 324 g/mol. The van der Waals surface area contributed by atoms with Crippen LogP contribution in [-0.2, 0) is 6.54 Å². The Bertz CT molecular complexity index is 622. The van der Waals surface area contributed by atoms with Gasteiger partial charge in [0.25, 0.3) is 0 Å². The largest absolute Gasteiger partial charge is 0.287 e. The van der Waals surface area contributed by atoms with E-state index in [4.69, 9.17) is 0 Å². The number of ketones is 1.